The fourth-order valence-electron chi connectivity index (χ4n) is 4.49. The summed E-state index contributed by atoms with van der Waals surface area (Å²) in [5.41, 5.74) is 4.56. The lowest BCUT2D eigenvalue weighted by Gasteiger charge is -2.23. The molecule has 10 heteroatoms. The molecule has 0 bridgehead atoms. The van der Waals surface area contributed by atoms with E-state index in [2.05, 4.69) is 25.8 Å². The first-order chi connectivity index (χ1) is 17.7. The van der Waals surface area contributed by atoms with Crippen LogP contribution in [0.2, 0.25) is 0 Å². The van der Waals surface area contributed by atoms with E-state index < -0.39 is 0 Å². The molecular weight excluding hydrogens is 461 g/mol. The van der Waals surface area contributed by atoms with Crippen LogP contribution in [0.3, 0.4) is 0 Å². The highest BCUT2D eigenvalue weighted by Crippen LogP contribution is 2.26. The maximum Gasteiger partial charge on any atom is 0.158 e. The molecule has 0 unspecified atom stereocenters. The molecule has 3 aromatic heterocycles. The molecule has 2 N–H and O–H groups in total. The molecule has 6 rings (SSSR count). The predicted octanol–water partition coefficient (Wildman–Crippen LogP) is 3.52. The lowest BCUT2D eigenvalue weighted by atomic mass is 10.2. The van der Waals surface area contributed by atoms with Crippen molar-refractivity contribution in [1.82, 2.24) is 29.7 Å². The van der Waals surface area contributed by atoms with Crippen molar-refractivity contribution in [2.24, 2.45) is 0 Å². The van der Waals surface area contributed by atoms with Crippen molar-refractivity contribution < 1.29 is 13.9 Å². The Balaban J connectivity index is 1.20. The fraction of sp³-hybridized carbons (Fsp3) is 0.269. The first-order valence-corrected chi connectivity index (χ1v) is 11.9. The van der Waals surface area contributed by atoms with E-state index in [-0.39, 0.29) is 11.9 Å². The SMILES string of the molecule is Fc1cccc(Cn2ncc3cc(Nc4ncnn5ccc(COC[C@H]6CNCCO6)c45)ccc32)c1. The van der Waals surface area contributed by atoms with Crippen molar-refractivity contribution in [3.05, 3.63) is 84.2 Å². The summed E-state index contributed by atoms with van der Waals surface area (Å²) < 4.78 is 28.9. The van der Waals surface area contributed by atoms with Crippen molar-refractivity contribution >= 4 is 27.9 Å². The number of halogens is 1. The van der Waals surface area contributed by atoms with E-state index >= 15 is 0 Å². The van der Waals surface area contributed by atoms with Gasteiger partial charge in [-0.05, 0) is 42.0 Å². The maximum atomic E-state index is 13.6. The van der Waals surface area contributed by atoms with Crippen LogP contribution in [-0.2, 0) is 22.6 Å². The highest BCUT2D eigenvalue weighted by molar-refractivity contribution is 5.85. The van der Waals surface area contributed by atoms with Gasteiger partial charge in [0, 0.05) is 35.9 Å². The summed E-state index contributed by atoms with van der Waals surface area (Å²) in [5.74, 6) is 0.441. The van der Waals surface area contributed by atoms with Gasteiger partial charge in [0.2, 0.25) is 0 Å². The maximum absolute atomic E-state index is 13.6. The smallest absolute Gasteiger partial charge is 0.158 e. The van der Waals surface area contributed by atoms with Crippen LogP contribution in [0, 0.1) is 5.82 Å². The van der Waals surface area contributed by atoms with Crippen LogP contribution in [0.25, 0.3) is 16.4 Å². The minimum Gasteiger partial charge on any atom is -0.374 e. The normalized spacial score (nSPS) is 16.1. The van der Waals surface area contributed by atoms with Gasteiger partial charge in [-0.15, -0.1) is 0 Å². The summed E-state index contributed by atoms with van der Waals surface area (Å²) in [7, 11) is 0. The Bertz CT molecular complexity index is 1490. The summed E-state index contributed by atoms with van der Waals surface area (Å²) in [5, 5.41) is 16.5. The number of benzene rings is 2. The Kier molecular flexibility index (Phi) is 6.29. The Morgan fingerprint density at radius 2 is 2.14 bits per heavy atom. The molecule has 1 atom stereocenters. The molecule has 184 valence electrons. The van der Waals surface area contributed by atoms with E-state index in [4.69, 9.17) is 9.47 Å². The number of anilines is 2. The standard InChI is InChI=1S/C26H26FN7O2/c27-21-3-1-2-18(10-21)14-34-24-5-4-22(11-20(24)12-30-34)32-26-25-19(6-8-33(25)31-17-29-26)15-35-16-23-13-28-7-9-36-23/h1-6,8,10-12,17,23,28H,7,9,13-16H2,(H,29,31,32)/t23-/m1/s1. The minimum atomic E-state index is -0.249. The number of hydrogen-bond donors (Lipinski definition) is 2. The second kappa shape index (κ2) is 10.0. The lowest BCUT2D eigenvalue weighted by Crippen LogP contribution is -2.40. The van der Waals surface area contributed by atoms with Gasteiger partial charge in [0.05, 0.1) is 44.2 Å². The van der Waals surface area contributed by atoms with Gasteiger partial charge in [0.1, 0.15) is 17.7 Å². The third kappa shape index (κ3) is 4.78. The summed E-state index contributed by atoms with van der Waals surface area (Å²) in [6, 6.07) is 14.6. The molecule has 1 saturated heterocycles. The number of nitrogens with zero attached hydrogens (tertiary/aromatic N) is 5. The van der Waals surface area contributed by atoms with Gasteiger partial charge in [-0.25, -0.2) is 13.9 Å². The summed E-state index contributed by atoms with van der Waals surface area (Å²) in [6.07, 6.45) is 5.31. The van der Waals surface area contributed by atoms with E-state index in [9.17, 15) is 4.39 Å². The Morgan fingerprint density at radius 3 is 3.03 bits per heavy atom. The number of hydrogen-bond acceptors (Lipinski definition) is 7. The van der Waals surface area contributed by atoms with Crippen molar-refractivity contribution in [3.63, 3.8) is 0 Å². The zero-order chi connectivity index (χ0) is 24.3. The molecule has 1 aliphatic rings. The first-order valence-electron chi connectivity index (χ1n) is 11.9. The number of morpholine rings is 1. The molecule has 0 aliphatic carbocycles. The topological polar surface area (TPSA) is 90.5 Å². The highest BCUT2D eigenvalue weighted by atomic mass is 19.1. The first kappa shape index (κ1) is 22.6. The molecule has 0 spiro atoms. The van der Waals surface area contributed by atoms with E-state index in [1.165, 1.54) is 18.5 Å². The van der Waals surface area contributed by atoms with Crippen LogP contribution in [0.4, 0.5) is 15.9 Å². The van der Waals surface area contributed by atoms with Gasteiger partial charge in [0.15, 0.2) is 5.82 Å². The summed E-state index contributed by atoms with van der Waals surface area (Å²) in [6.45, 7) is 3.84. The summed E-state index contributed by atoms with van der Waals surface area (Å²) in [4.78, 5) is 4.49. The van der Waals surface area contributed by atoms with Gasteiger partial charge in [-0.1, -0.05) is 12.1 Å². The number of aromatic nitrogens is 5. The van der Waals surface area contributed by atoms with Crippen LogP contribution in [0.1, 0.15) is 11.1 Å². The zero-order valence-corrected chi connectivity index (χ0v) is 19.6. The molecule has 2 aromatic carbocycles. The highest BCUT2D eigenvalue weighted by Gasteiger charge is 2.15. The second-order valence-electron chi connectivity index (χ2n) is 8.79. The van der Waals surface area contributed by atoms with E-state index in [0.717, 1.165) is 46.3 Å². The average Bonchev–Trinajstić information content (AvgIpc) is 3.49. The predicted molar refractivity (Wildman–Crippen MR) is 134 cm³/mol. The summed E-state index contributed by atoms with van der Waals surface area (Å²) >= 11 is 0. The number of fused-ring (bicyclic) bond motifs is 2. The molecule has 5 aromatic rings. The van der Waals surface area contributed by atoms with Gasteiger partial charge in [-0.2, -0.15) is 10.2 Å². The molecule has 1 fully saturated rings. The van der Waals surface area contributed by atoms with E-state index in [0.29, 0.717) is 32.2 Å². The molecule has 0 radical (unpaired) electrons. The Labute approximate surface area is 206 Å². The van der Waals surface area contributed by atoms with Crippen molar-refractivity contribution in [2.45, 2.75) is 19.3 Å². The van der Waals surface area contributed by atoms with E-state index in [1.807, 2.05) is 47.4 Å². The van der Waals surface area contributed by atoms with Crippen LogP contribution in [0.15, 0.2) is 67.3 Å². The van der Waals surface area contributed by atoms with Crippen LogP contribution >= 0.6 is 0 Å². The van der Waals surface area contributed by atoms with Crippen LogP contribution in [-0.4, -0.2) is 56.8 Å². The minimum absolute atomic E-state index is 0.0648. The number of rotatable bonds is 8. The van der Waals surface area contributed by atoms with Crippen molar-refractivity contribution in [1.29, 1.82) is 0 Å². The molecule has 0 saturated carbocycles. The second-order valence-corrected chi connectivity index (χ2v) is 8.79. The molecule has 36 heavy (non-hydrogen) atoms. The molecule has 0 amide bonds. The largest absolute Gasteiger partial charge is 0.374 e. The van der Waals surface area contributed by atoms with Gasteiger partial charge < -0.3 is 20.1 Å². The van der Waals surface area contributed by atoms with Crippen molar-refractivity contribution in [2.75, 3.05) is 31.6 Å². The lowest BCUT2D eigenvalue weighted by molar-refractivity contribution is -0.0355. The molecule has 9 nitrogen and oxygen atoms in total. The monoisotopic (exact) mass is 487 g/mol. The third-order valence-electron chi connectivity index (χ3n) is 6.23. The van der Waals surface area contributed by atoms with Gasteiger partial charge in [-0.3, -0.25) is 4.68 Å². The quantitative estimate of drug-likeness (QED) is 0.346. The zero-order valence-electron chi connectivity index (χ0n) is 19.6. The van der Waals surface area contributed by atoms with E-state index in [1.54, 1.807) is 10.6 Å². The molecular formula is C26H26FN7O2. The molecule has 4 heterocycles. The van der Waals surface area contributed by atoms with Gasteiger partial charge in [0.25, 0.3) is 0 Å². The fourth-order valence-corrected chi connectivity index (χ4v) is 4.49. The number of ether oxygens (including phenoxy) is 2. The van der Waals surface area contributed by atoms with Crippen LogP contribution < -0.4 is 10.6 Å². The average molecular weight is 488 g/mol. The Morgan fingerprint density at radius 1 is 1.17 bits per heavy atom. The van der Waals surface area contributed by atoms with Crippen molar-refractivity contribution in [3.8, 4) is 0 Å². The third-order valence-corrected chi connectivity index (χ3v) is 6.23. The Hall–Kier alpha value is -3.86. The number of nitrogens with one attached hydrogen (secondary N) is 2. The van der Waals surface area contributed by atoms with Crippen LogP contribution in [0.5, 0.6) is 0 Å². The van der Waals surface area contributed by atoms with Gasteiger partial charge >= 0.3 is 0 Å². The molecule has 1 aliphatic heterocycles.